The van der Waals surface area contributed by atoms with Gasteiger partial charge >= 0.3 is 6.18 Å². The summed E-state index contributed by atoms with van der Waals surface area (Å²) in [5, 5.41) is 12.8. The van der Waals surface area contributed by atoms with Crippen LogP contribution in [0.5, 0.6) is 0 Å². The summed E-state index contributed by atoms with van der Waals surface area (Å²) in [5.74, 6) is -0.247. The Hall–Kier alpha value is -2.09. The van der Waals surface area contributed by atoms with Crippen LogP contribution in [0.3, 0.4) is 0 Å². The predicted molar refractivity (Wildman–Crippen MR) is 101 cm³/mol. The van der Waals surface area contributed by atoms with Gasteiger partial charge in [0.15, 0.2) is 0 Å². The van der Waals surface area contributed by atoms with Gasteiger partial charge in [-0.05, 0) is 42.5 Å². The Morgan fingerprint density at radius 3 is 2.44 bits per heavy atom. The number of hydrogen-bond acceptors (Lipinski definition) is 3. The van der Waals surface area contributed by atoms with Crippen molar-refractivity contribution in [2.24, 2.45) is 12.2 Å². The lowest BCUT2D eigenvalue weighted by molar-refractivity contribution is -0.135. The van der Waals surface area contributed by atoms with Crippen LogP contribution in [0.2, 0.25) is 0 Å². The Morgan fingerprint density at radius 1 is 1.22 bits per heavy atom. The Labute approximate surface area is 163 Å². The summed E-state index contributed by atoms with van der Waals surface area (Å²) in [6.45, 7) is 0. The van der Waals surface area contributed by atoms with E-state index in [4.69, 9.17) is 0 Å². The maximum absolute atomic E-state index is 12.5. The van der Waals surface area contributed by atoms with E-state index >= 15 is 0 Å². The minimum absolute atomic E-state index is 0.0176. The van der Waals surface area contributed by atoms with Crippen LogP contribution >= 0.6 is 15.9 Å². The van der Waals surface area contributed by atoms with E-state index in [1.54, 1.807) is 19.3 Å². The average Bonchev–Trinajstić information content (AvgIpc) is 2.60. The van der Waals surface area contributed by atoms with E-state index in [0.717, 1.165) is 10.0 Å². The zero-order valence-corrected chi connectivity index (χ0v) is 16.3. The van der Waals surface area contributed by atoms with Gasteiger partial charge in [0.05, 0.1) is 5.71 Å². The van der Waals surface area contributed by atoms with Gasteiger partial charge in [-0.15, -0.1) is 0 Å². The number of hydrogen-bond donors (Lipinski definition) is 1. The second-order valence-electron chi connectivity index (χ2n) is 6.37. The molecule has 4 nitrogen and oxygen atoms in total. The lowest BCUT2D eigenvalue weighted by Gasteiger charge is -2.19. The van der Waals surface area contributed by atoms with Crippen molar-refractivity contribution in [1.29, 1.82) is 0 Å². The van der Waals surface area contributed by atoms with Crippen LogP contribution in [0.1, 0.15) is 42.7 Å². The van der Waals surface area contributed by atoms with Gasteiger partial charge in [-0.25, -0.2) is 0 Å². The molecular formula is C19H20BrF3N2O2. The van der Waals surface area contributed by atoms with Crippen molar-refractivity contribution in [3.8, 4) is 0 Å². The number of nitrogens with zero attached hydrogens (tertiary/aromatic N) is 2. The van der Waals surface area contributed by atoms with Crippen LogP contribution in [0.4, 0.5) is 13.2 Å². The zero-order chi connectivity index (χ0) is 20.0. The lowest BCUT2D eigenvalue weighted by atomic mass is 9.87. The van der Waals surface area contributed by atoms with Crippen molar-refractivity contribution in [2.75, 3.05) is 0 Å². The standard InChI is InChI=1S/C19H20BrF3N2O2/c1-25-12-15(6-9-18(25)26)17(24-27)11-14(3-2-10-19(21,22)23)13-4-7-16(20)8-5-13/h4-9,12,14,27H,2-3,10-11H2,1H3/b24-17+. The molecule has 1 heterocycles. The third kappa shape index (κ3) is 6.53. The highest BCUT2D eigenvalue weighted by atomic mass is 79.9. The Balaban J connectivity index is 2.24. The van der Waals surface area contributed by atoms with Gasteiger partial charge in [0.25, 0.3) is 0 Å². The van der Waals surface area contributed by atoms with Crippen molar-refractivity contribution in [3.05, 3.63) is 68.5 Å². The topological polar surface area (TPSA) is 54.6 Å². The summed E-state index contributed by atoms with van der Waals surface area (Å²) in [6.07, 6.45) is -2.97. The summed E-state index contributed by atoms with van der Waals surface area (Å²) >= 11 is 3.34. The van der Waals surface area contributed by atoms with Gasteiger partial charge in [0, 0.05) is 42.2 Å². The molecule has 0 amide bonds. The van der Waals surface area contributed by atoms with E-state index in [1.807, 2.05) is 24.3 Å². The molecule has 0 aliphatic carbocycles. The molecule has 1 unspecified atom stereocenters. The molecule has 0 bridgehead atoms. The van der Waals surface area contributed by atoms with Crippen LogP contribution in [0.15, 0.2) is 57.0 Å². The van der Waals surface area contributed by atoms with Crippen LogP contribution in [-0.4, -0.2) is 21.7 Å². The monoisotopic (exact) mass is 444 g/mol. The van der Waals surface area contributed by atoms with Gasteiger partial charge in [0.1, 0.15) is 0 Å². The first-order valence-electron chi connectivity index (χ1n) is 8.40. The molecule has 2 aromatic rings. The molecular weight excluding hydrogens is 425 g/mol. The zero-order valence-electron chi connectivity index (χ0n) is 14.7. The van der Waals surface area contributed by atoms with Crippen LogP contribution < -0.4 is 5.56 Å². The fourth-order valence-electron chi connectivity index (χ4n) is 2.88. The molecule has 1 N–H and O–H groups in total. The van der Waals surface area contributed by atoms with Gasteiger partial charge in [-0.2, -0.15) is 13.2 Å². The quantitative estimate of drug-likeness (QED) is 0.361. The van der Waals surface area contributed by atoms with Crippen molar-refractivity contribution in [3.63, 3.8) is 0 Å². The molecule has 0 radical (unpaired) electrons. The minimum atomic E-state index is -4.20. The fraction of sp³-hybridized carbons (Fsp3) is 0.368. The summed E-state index contributed by atoms with van der Waals surface area (Å²) in [7, 11) is 1.58. The van der Waals surface area contributed by atoms with E-state index in [9.17, 15) is 23.2 Å². The highest BCUT2D eigenvalue weighted by molar-refractivity contribution is 9.10. The van der Waals surface area contributed by atoms with Crippen LogP contribution in [-0.2, 0) is 7.05 Å². The van der Waals surface area contributed by atoms with Gasteiger partial charge in [0.2, 0.25) is 5.56 Å². The van der Waals surface area contributed by atoms with E-state index in [1.165, 1.54) is 10.6 Å². The maximum atomic E-state index is 12.5. The van der Waals surface area contributed by atoms with E-state index in [0.29, 0.717) is 17.7 Å². The molecule has 2 rings (SSSR count). The second-order valence-corrected chi connectivity index (χ2v) is 7.29. The maximum Gasteiger partial charge on any atom is 0.389 e. The largest absolute Gasteiger partial charge is 0.411 e. The number of benzene rings is 1. The number of halogens is 4. The molecule has 27 heavy (non-hydrogen) atoms. The first-order valence-corrected chi connectivity index (χ1v) is 9.19. The third-order valence-corrected chi connectivity index (χ3v) is 4.86. The predicted octanol–water partition coefficient (Wildman–Crippen LogP) is 5.23. The SMILES string of the molecule is Cn1cc(/C(CC(CCCC(F)(F)F)c2ccc(Br)cc2)=N/O)ccc1=O. The van der Waals surface area contributed by atoms with E-state index in [-0.39, 0.29) is 24.3 Å². The van der Waals surface area contributed by atoms with Gasteiger partial charge in [-0.1, -0.05) is 33.2 Å². The number of aryl methyl sites for hydroxylation is 1. The van der Waals surface area contributed by atoms with Crippen LogP contribution in [0, 0.1) is 0 Å². The molecule has 1 atom stereocenters. The van der Waals surface area contributed by atoms with Gasteiger partial charge in [-0.3, -0.25) is 4.79 Å². The first-order chi connectivity index (χ1) is 12.7. The number of aromatic nitrogens is 1. The molecule has 1 aromatic carbocycles. The Kier molecular flexibility index (Phi) is 7.24. The fourth-order valence-corrected chi connectivity index (χ4v) is 3.15. The molecule has 0 saturated carbocycles. The molecule has 0 fully saturated rings. The van der Waals surface area contributed by atoms with E-state index in [2.05, 4.69) is 21.1 Å². The van der Waals surface area contributed by atoms with Crippen molar-refractivity contribution in [1.82, 2.24) is 4.57 Å². The van der Waals surface area contributed by atoms with Gasteiger partial charge < -0.3 is 9.77 Å². The third-order valence-electron chi connectivity index (χ3n) is 4.33. The molecule has 0 saturated heterocycles. The molecule has 146 valence electrons. The summed E-state index contributed by atoms with van der Waals surface area (Å²) in [4.78, 5) is 11.5. The van der Waals surface area contributed by atoms with E-state index < -0.39 is 12.6 Å². The number of oxime groups is 1. The highest BCUT2D eigenvalue weighted by Crippen LogP contribution is 2.31. The summed E-state index contributed by atoms with van der Waals surface area (Å²) < 4.78 is 39.8. The molecule has 0 aliphatic rings. The molecule has 8 heteroatoms. The molecule has 0 aliphatic heterocycles. The molecule has 0 spiro atoms. The molecule has 1 aromatic heterocycles. The van der Waals surface area contributed by atoms with Crippen molar-refractivity contribution in [2.45, 2.75) is 37.8 Å². The number of alkyl halides is 3. The van der Waals surface area contributed by atoms with Crippen LogP contribution in [0.25, 0.3) is 0 Å². The van der Waals surface area contributed by atoms with Crippen molar-refractivity contribution >= 4 is 21.6 Å². The number of rotatable bonds is 7. The Morgan fingerprint density at radius 2 is 1.89 bits per heavy atom. The summed E-state index contributed by atoms with van der Waals surface area (Å²) in [5.41, 5.74) is 1.54. The number of pyridine rings is 1. The average molecular weight is 445 g/mol. The lowest BCUT2D eigenvalue weighted by Crippen LogP contribution is -2.18. The second kappa shape index (κ2) is 9.21. The minimum Gasteiger partial charge on any atom is -0.411 e. The smallest absolute Gasteiger partial charge is 0.389 e. The summed E-state index contributed by atoms with van der Waals surface area (Å²) in [6, 6.07) is 10.3. The Bertz CT molecular complexity index is 845. The first kappa shape index (κ1) is 21.2. The highest BCUT2D eigenvalue weighted by Gasteiger charge is 2.27. The normalized spacial score (nSPS) is 13.6. The van der Waals surface area contributed by atoms with Crippen molar-refractivity contribution < 1.29 is 18.4 Å².